The van der Waals surface area contributed by atoms with Crippen LogP contribution in [0, 0.1) is 0 Å². The van der Waals surface area contributed by atoms with Gasteiger partial charge in [0.25, 0.3) is 0 Å². The maximum atomic E-state index is 0. The first-order valence-corrected chi connectivity index (χ1v) is 0. The Kier molecular flexibility index (Phi) is 4660. The van der Waals surface area contributed by atoms with Gasteiger partial charge in [-0.2, -0.15) is 0 Å². The molecule has 0 aliphatic heterocycles. The zero-order valence-corrected chi connectivity index (χ0v) is 283. The molecule has 0 rings (SSSR count). The van der Waals surface area contributed by atoms with Crippen LogP contribution in [0.4, 0.5) is 0 Å². The molecular weight excluding hydrogens is 7380 g/mol. The molecule has 0 aliphatic carbocycles. The molecule has 0 amide bonds. The summed E-state index contributed by atoms with van der Waals surface area (Å²) in [7, 11) is 0. The predicted molar refractivity (Wildman–Crippen MR) is 0 cm³/mol. The van der Waals surface area contributed by atoms with Crippen LogP contribution in [0.15, 0.2) is 0 Å². The third-order valence-electron chi connectivity index (χ3n) is 0. The summed E-state index contributed by atoms with van der Waals surface area (Å²) >= 11 is 0. The Balaban J connectivity index is 0. The van der Waals surface area contributed by atoms with Gasteiger partial charge in [-0.25, -0.2) is 0 Å². The van der Waals surface area contributed by atoms with Gasteiger partial charge in [0.1, 0.15) is 0 Å². The standard InChI is InChI=1S/83Y. The number of rotatable bonds is 0. The monoisotopic (exact) mass is 7380 g/mol. The Morgan fingerprint density at radius 2 is 0.0120 bits per heavy atom. The molecule has 0 atom stereocenters. The fraction of sp³-hybridized carbons (Fsp3) is 0. The van der Waals surface area contributed by atoms with Crippen molar-refractivity contribution in [2.24, 2.45) is 0 Å². The zero-order valence-electron chi connectivity index (χ0n) is 47.9. The van der Waals surface area contributed by atoms with E-state index in [0.29, 0.717) is 0 Å². The van der Waals surface area contributed by atoms with E-state index >= 15 is 0 Å². The van der Waals surface area contributed by atoms with E-state index in [1.165, 1.54) is 0 Å². The van der Waals surface area contributed by atoms with Gasteiger partial charge >= 0.3 is 0 Å². The van der Waals surface area contributed by atoms with E-state index in [9.17, 15) is 0 Å². The molecule has 249 valence electrons. The third kappa shape index (κ3) is 609. The fourth-order valence-electron chi connectivity index (χ4n) is 0. The van der Waals surface area contributed by atoms with Crippen LogP contribution in [-0.4, -0.2) is 0 Å². The van der Waals surface area contributed by atoms with E-state index in [1.54, 1.807) is 0 Å². The summed E-state index contributed by atoms with van der Waals surface area (Å²) < 4.78 is 0. The van der Waals surface area contributed by atoms with Crippen molar-refractivity contribution in [2.45, 2.75) is 0 Å². The Labute approximate surface area is 2610 Å². The van der Waals surface area contributed by atoms with Crippen molar-refractivity contribution in [3.8, 4) is 0 Å². The van der Waals surface area contributed by atoms with E-state index in [-0.39, 0.29) is 2710 Å². The molecule has 0 aliphatic rings. The molecule has 0 nitrogen and oxygen atoms in total. The fourth-order valence-corrected chi connectivity index (χ4v) is 0. The smallest absolute Gasteiger partial charge is 0 e. The van der Waals surface area contributed by atoms with E-state index in [4.69, 9.17) is 0 Å². The van der Waals surface area contributed by atoms with Gasteiger partial charge in [-0.05, 0) is 0 Å². The molecule has 0 N–H and O–H groups in total. The van der Waals surface area contributed by atoms with E-state index in [2.05, 4.69) is 0 Å². The second-order valence-corrected chi connectivity index (χ2v) is 0. The van der Waals surface area contributed by atoms with Gasteiger partial charge in [-0.3, -0.25) is 0 Å². The molecule has 0 spiro atoms. The topological polar surface area (TPSA) is 0 Å². The summed E-state index contributed by atoms with van der Waals surface area (Å²) in [5.41, 5.74) is 0. The van der Waals surface area contributed by atoms with Crippen molar-refractivity contribution in [3.63, 3.8) is 0 Å². The second kappa shape index (κ2) is 616. The first-order valence-electron chi connectivity index (χ1n) is 0. The predicted octanol–water partition coefficient (Wildman–Crippen LogP) is -0.208. The van der Waals surface area contributed by atoms with Gasteiger partial charge in [0.05, 0.1) is 0 Å². The van der Waals surface area contributed by atoms with Crippen LogP contribution < -0.4 is 0 Å². The molecule has 0 saturated heterocycles. The average molecular weight is 7380 g/mol. The number of hydrogen-bond acceptors (Lipinski definition) is 0. The molecule has 0 aromatic heterocycles. The van der Waals surface area contributed by atoms with Crippen molar-refractivity contribution in [2.75, 3.05) is 0 Å². The Hall–Kier alpha value is 91.6. The van der Waals surface area contributed by atoms with Crippen LogP contribution in [0.3, 0.4) is 0 Å². The summed E-state index contributed by atoms with van der Waals surface area (Å²) in [6.07, 6.45) is 0. The van der Waals surface area contributed by atoms with Crippen LogP contribution >= 0.6 is 0 Å². The first-order chi connectivity index (χ1) is 0. The first kappa shape index (κ1) is 627. The molecule has 0 aromatic rings. The summed E-state index contributed by atoms with van der Waals surface area (Å²) in [4.78, 5) is 0. The van der Waals surface area contributed by atoms with Crippen LogP contribution in [0.1, 0.15) is 0 Å². The summed E-state index contributed by atoms with van der Waals surface area (Å²) in [5.74, 6) is 0. The van der Waals surface area contributed by atoms with Crippen molar-refractivity contribution in [1.29, 1.82) is 0 Å². The van der Waals surface area contributed by atoms with Crippen LogP contribution in [0.2, 0.25) is 0 Å². The molecule has 0 aromatic carbocycles. The Bertz CT molecular complexity index is 0. The van der Waals surface area contributed by atoms with E-state index in [0.717, 1.165) is 0 Å². The van der Waals surface area contributed by atoms with Gasteiger partial charge in [0.2, 0.25) is 0 Å². The Morgan fingerprint density at radius 3 is 0.0120 bits per heavy atom. The second-order valence-electron chi connectivity index (χ2n) is 0. The third-order valence-corrected chi connectivity index (χ3v) is 0. The minimum atomic E-state index is 0. The van der Waals surface area contributed by atoms with Gasteiger partial charge < -0.3 is 0 Å². The number of hydrogen-bond donors (Lipinski definition) is 0. The SMILES string of the molecule is [Y].[Y].[Y].[Y].[Y].[Y].[Y].[Y].[Y].[Y].[Y].[Y].[Y].[Y].[Y].[Y].[Y].[Y].[Y].[Y].[Y].[Y].[Y].[Y].[Y].[Y].[Y].[Y].[Y].[Y].[Y].[Y].[Y].[Y].[Y].[Y].[Y].[Y].[Y].[Y].[Y].[Y].[Y].[Y].[Y].[Y].[Y].[Y].[Y].[Y].[Y].[Y].[Y].[Y].[Y].[Y].[Y].[Y].[Y].[Y].[Y].[Y].[Y].[Y].[Y].[Y].[Y].[Y].[Y].[Y].[Y].[Y].[Y].[Y].[Y].[Y].[Y].[Y].[Y].[Y].[Y].[Y].[Y]. The molecule has 0 heterocycles. The van der Waals surface area contributed by atoms with E-state index in [1.807, 2.05) is 0 Å². The zero-order chi connectivity index (χ0) is 0. The van der Waals surface area contributed by atoms with Crippen molar-refractivity contribution in [1.82, 2.24) is 0 Å². The summed E-state index contributed by atoms with van der Waals surface area (Å²) in [6.45, 7) is 0. The maximum absolute atomic E-state index is 0. The molecule has 0 saturated carbocycles. The normalized spacial score (nSPS) is 0. The van der Waals surface area contributed by atoms with Crippen LogP contribution in [-0.2, 0) is 2710 Å². The van der Waals surface area contributed by atoms with Crippen molar-refractivity contribution < 1.29 is 2710 Å². The molecule has 0 unspecified atom stereocenters. The minimum Gasteiger partial charge on any atom is 0 e. The Morgan fingerprint density at radius 1 is 0.0120 bits per heavy atom. The minimum absolute atomic E-state index is 0. The maximum Gasteiger partial charge on any atom is 0 e. The quantitative estimate of drug-likeness (QED) is 0.316. The largest absolute Gasteiger partial charge is 0 e. The van der Waals surface area contributed by atoms with Gasteiger partial charge in [-0.15, -0.1) is 0 Å². The molecule has 83 heavy (non-hydrogen) atoms. The van der Waals surface area contributed by atoms with Gasteiger partial charge in [0.15, 0.2) is 0 Å². The summed E-state index contributed by atoms with van der Waals surface area (Å²) in [5, 5.41) is 0. The van der Waals surface area contributed by atoms with Gasteiger partial charge in [-0.1, -0.05) is 0 Å². The van der Waals surface area contributed by atoms with Gasteiger partial charge in [0, 0.05) is 2710 Å². The van der Waals surface area contributed by atoms with Crippen LogP contribution in [0.25, 0.3) is 0 Å². The summed E-state index contributed by atoms with van der Waals surface area (Å²) in [6, 6.07) is 0. The average Bonchev–Trinajstić information content (AvgIpc) is 0. The molecular formula is Y83. The van der Waals surface area contributed by atoms with Crippen LogP contribution in [0.5, 0.6) is 0 Å². The molecule has 0 fully saturated rings. The molecule has 83 heteroatoms. The van der Waals surface area contributed by atoms with Crippen molar-refractivity contribution in [3.05, 3.63) is 0 Å². The van der Waals surface area contributed by atoms with E-state index < -0.39 is 0 Å². The molecule has 83 radical (unpaired) electrons. The molecule has 0 bridgehead atoms. The van der Waals surface area contributed by atoms with Crippen molar-refractivity contribution >= 4 is 0 Å².